The van der Waals surface area contributed by atoms with Crippen molar-refractivity contribution in [2.75, 3.05) is 30.9 Å². The fraction of sp³-hybridized carbons (Fsp3) is 0.429. The number of carbonyl (C=O) groups is 1. The largest absolute Gasteiger partial charge is 0.423 e. The molecule has 1 atom stereocenters. The topological polar surface area (TPSA) is 70.4 Å². The van der Waals surface area contributed by atoms with Crippen LogP contribution in [0.3, 0.4) is 0 Å². The van der Waals surface area contributed by atoms with Crippen molar-refractivity contribution in [3.8, 4) is 0 Å². The first-order valence-corrected chi connectivity index (χ1v) is 6.75. The van der Waals surface area contributed by atoms with Gasteiger partial charge in [-0.3, -0.25) is 4.79 Å². The van der Waals surface area contributed by atoms with E-state index in [1.54, 1.807) is 4.90 Å². The second-order valence-corrected chi connectivity index (χ2v) is 5.21. The molecule has 0 spiro atoms. The molecule has 2 heterocycles. The molecule has 1 fully saturated rings. The number of benzene rings is 1. The van der Waals surface area contributed by atoms with Crippen LogP contribution in [0.1, 0.15) is 12.8 Å². The monoisotopic (exact) mass is 346 g/mol. The molecular formula is C14H20Cl2N4O2. The average molecular weight is 347 g/mol. The Hall–Kier alpha value is -1.50. The van der Waals surface area contributed by atoms with Gasteiger partial charge in [0.2, 0.25) is 5.91 Å². The van der Waals surface area contributed by atoms with E-state index in [9.17, 15) is 4.79 Å². The van der Waals surface area contributed by atoms with Crippen LogP contribution in [0.15, 0.2) is 22.6 Å². The Bertz CT molecular complexity index is 639. The van der Waals surface area contributed by atoms with Gasteiger partial charge >= 0.3 is 0 Å². The molecule has 1 amide bonds. The van der Waals surface area contributed by atoms with E-state index >= 15 is 0 Å². The highest BCUT2D eigenvalue weighted by Crippen LogP contribution is 2.23. The third-order valence-electron chi connectivity index (χ3n) is 3.40. The third kappa shape index (κ3) is 3.82. The Balaban J connectivity index is 0.00000121. The number of rotatable bonds is 3. The summed E-state index contributed by atoms with van der Waals surface area (Å²) in [5.41, 5.74) is 2.20. The van der Waals surface area contributed by atoms with Crippen LogP contribution < -0.4 is 15.5 Å². The van der Waals surface area contributed by atoms with E-state index in [-0.39, 0.29) is 36.8 Å². The summed E-state index contributed by atoms with van der Waals surface area (Å²) in [5, 5.41) is 6.10. The molecule has 22 heavy (non-hydrogen) atoms. The molecular weight excluding hydrogens is 327 g/mol. The van der Waals surface area contributed by atoms with Gasteiger partial charge in [-0.25, -0.2) is 0 Å². The maximum Gasteiger partial charge on any atom is 0.297 e. The fourth-order valence-corrected chi connectivity index (χ4v) is 2.32. The number of anilines is 2. The standard InChI is InChI=1S/C14H18N4O2.2ClH/c1-18(2)14-17-11-8-9(5-6-12(11)20-14)16-13(19)10-4-3-7-15-10;;/h5-6,8,10,15H,3-4,7H2,1-2H3,(H,16,19);2*1H. The first-order valence-electron chi connectivity index (χ1n) is 6.75. The van der Waals surface area contributed by atoms with Gasteiger partial charge < -0.3 is 20.0 Å². The summed E-state index contributed by atoms with van der Waals surface area (Å²) in [6.45, 7) is 0.909. The van der Waals surface area contributed by atoms with Gasteiger partial charge in [-0.1, -0.05) is 0 Å². The SMILES string of the molecule is CN(C)c1nc2cc(NC(=O)C3CCCN3)ccc2o1.Cl.Cl. The van der Waals surface area contributed by atoms with Crippen molar-refractivity contribution in [3.63, 3.8) is 0 Å². The summed E-state index contributed by atoms with van der Waals surface area (Å²) in [5.74, 6) is 0.0122. The van der Waals surface area contributed by atoms with Gasteiger partial charge in [0.15, 0.2) is 5.58 Å². The van der Waals surface area contributed by atoms with Gasteiger partial charge in [0.1, 0.15) is 5.52 Å². The first kappa shape index (κ1) is 18.5. The van der Waals surface area contributed by atoms with Crippen LogP contribution in [0.2, 0.25) is 0 Å². The number of halogens is 2. The summed E-state index contributed by atoms with van der Waals surface area (Å²) in [7, 11) is 3.75. The molecule has 8 heteroatoms. The van der Waals surface area contributed by atoms with Gasteiger partial charge in [-0.2, -0.15) is 4.98 Å². The second-order valence-electron chi connectivity index (χ2n) is 5.21. The molecule has 0 aliphatic carbocycles. The number of oxazole rings is 1. The molecule has 122 valence electrons. The quantitative estimate of drug-likeness (QED) is 0.892. The molecule has 2 aromatic rings. The molecule has 0 radical (unpaired) electrons. The summed E-state index contributed by atoms with van der Waals surface area (Å²) < 4.78 is 5.58. The predicted molar refractivity (Wildman–Crippen MR) is 92.5 cm³/mol. The number of nitrogens with zero attached hydrogens (tertiary/aromatic N) is 2. The minimum absolute atomic E-state index is 0. The fourth-order valence-electron chi connectivity index (χ4n) is 2.32. The second kappa shape index (κ2) is 7.67. The molecule has 0 saturated carbocycles. The van der Waals surface area contributed by atoms with E-state index in [4.69, 9.17) is 4.42 Å². The van der Waals surface area contributed by atoms with Crippen molar-refractivity contribution < 1.29 is 9.21 Å². The zero-order valence-electron chi connectivity index (χ0n) is 12.5. The van der Waals surface area contributed by atoms with E-state index in [2.05, 4.69) is 15.6 Å². The van der Waals surface area contributed by atoms with E-state index in [0.29, 0.717) is 11.6 Å². The van der Waals surface area contributed by atoms with Crippen molar-refractivity contribution in [1.82, 2.24) is 10.3 Å². The van der Waals surface area contributed by atoms with Crippen LogP contribution in [-0.4, -0.2) is 37.6 Å². The lowest BCUT2D eigenvalue weighted by Crippen LogP contribution is -2.35. The minimum atomic E-state index is -0.0830. The summed E-state index contributed by atoms with van der Waals surface area (Å²) in [4.78, 5) is 18.2. The molecule has 6 nitrogen and oxygen atoms in total. The minimum Gasteiger partial charge on any atom is -0.423 e. The van der Waals surface area contributed by atoms with Crippen LogP contribution in [0.25, 0.3) is 11.1 Å². The average Bonchev–Trinajstić information content (AvgIpc) is 3.07. The maximum absolute atomic E-state index is 12.0. The highest BCUT2D eigenvalue weighted by atomic mass is 35.5. The van der Waals surface area contributed by atoms with Crippen molar-refractivity contribution in [1.29, 1.82) is 0 Å². The lowest BCUT2D eigenvalue weighted by Gasteiger charge is -2.10. The number of hydrogen-bond donors (Lipinski definition) is 2. The zero-order valence-corrected chi connectivity index (χ0v) is 14.1. The Kier molecular flexibility index (Phi) is 6.47. The summed E-state index contributed by atoms with van der Waals surface area (Å²) >= 11 is 0. The van der Waals surface area contributed by atoms with E-state index in [1.807, 2.05) is 32.3 Å². The normalized spacial score (nSPS) is 16.7. The predicted octanol–water partition coefficient (Wildman–Crippen LogP) is 2.43. The van der Waals surface area contributed by atoms with Crippen molar-refractivity contribution in [2.45, 2.75) is 18.9 Å². The smallest absolute Gasteiger partial charge is 0.297 e. The van der Waals surface area contributed by atoms with E-state index in [1.165, 1.54) is 0 Å². The summed E-state index contributed by atoms with van der Waals surface area (Å²) in [6, 6.07) is 5.96. The van der Waals surface area contributed by atoms with Crippen molar-refractivity contribution in [2.24, 2.45) is 0 Å². The Labute approximate surface area is 141 Å². The highest BCUT2D eigenvalue weighted by molar-refractivity contribution is 5.96. The third-order valence-corrected chi connectivity index (χ3v) is 3.40. The number of nitrogens with one attached hydrogen (secondary N) is 2. The number of fused-ring (bicyclic) bond motifs is 1. The molecule has 1 unspecified atom stereocenters. The lowest BCUT2D eigenvalue weighted by atomic mass is 10.2. The van der Waals surface area contributed by atoms with Crippen molar-refractivity contribution in [3.05, 3.63) is 18.2 Å². The number of carbonyl (C=O) groups excluding carboxylic acids is 1. The van der Waals surface area contributed by atoms with Gasteiger partial charge in [0, 0.05) is 19.8 Å². The van der Waals surface area contributed by atoms with Gasteiger partial charge in [0.05, 0.1) is 6.04 Å². The highest BCUT2D eigenvalue weighted by Gasteiger charge is 2.22. The molecule has 3 rings (SSSR count). The molecule has 1 aromatic heterocycles. The number of hydrogen-bond acceptors (Lipinski definition) is 5. The van der Waals surface area contributed by atoms with Crippen LogP contribution >= 0.6 is 24.8 Å². The zero-order chi connectivity index (χ0) is 14.1. The van der Waals surface area contributed by atoms with Crippen LogP contribution in [0.4, 0.5) is 11.7 Å². The molecule has 1 aromatic carbocycles. The first-order chi connectivity index (χ1) is 9.63. The Morgan fingerprint density at radius 1 is 1.41 bits per heavy atom. The Morgan fingerprint density at radius 2 is 2.18 bits per heavy atom. The van der Waals surface area contributed by atoms with Gasteiger partial charge in [-0.05, 0) is 37.6 Å². The molecule has 1 aliphatic heterocycles. The molecule has 2 N–H and O–H groups in total. The van der Waals surface area contributed by atoms with E-state index in [0.717, 1.165) is 30.6 Å². The lowest BCUT2D eigenvalue weighted by molar-refractivity contribution is -0.117. The maximum atomic E-state index is 12.0. The van der Waals surface area contributed by atoms with Crippen LogP contribution in [-0.2, 0) is 4.79 Å². The van der Waals surface area contributed by atoms with Crippen LogP contribution in [0.5, 0.6) is 0 Å². The molecule has 1 saturated heterocycles. The summed E-state index contributed by atoms with van der Waals surface area (Å²) in [6.07, 6.45) is 1.94. The van der Waals surface area contributed by atoms with Crippen LogP contribution in [0, 0.1) is 0 Å². The van der Waals surface area contributed by atoms with E-state index < -0.39 is 0 Å². The van der Waals surface area contributed by atoms with Gasteiger partial charge in [-0.15, -0.1) is 24.8 Å². The number of amides is 1. The number of aromatic nitrogens is 1. The Morgan fingerprint density at radius 3 is 2.82 bits per heavy atom. The molecule has 0 bridgehead atoms. The van der Waals surface area contributed by atoms with Gasteiger partial charge in [0.25, 0.3) is 6.01 Å². The van der Waals surface area contributed by atoms with Crippen molar-refractivity contribution >= 4 is 53.5 Å². The molecule has 1 aliphatic rings.